The Morgan fingerprint density at radius 3 is 2.92 bits per heavy atom. The van der Waals surface area contributed by atoms with Crippen molar-refractivity contribution in [3.05, 3.63) is 34.1 Å². The highest BCUT2D eigenvalue weighted by atomic mass is 79.9. The molecule has 1 aromatic rings. The molecule has 0 aliphatic rings. The van der Waals surface area contributed by atoms with E-state index in [4.69, 9.17) is 0 Å². The van der Waals surface area contributed by atoms with Gasteiger partial charge in [-0.3, -0.25) is 0 Å². The molecule has 0 heterocycles. The quantitative estimate of drug-likeness (QED) is 0.844. The minimum absolute atomic E-state index is 0.189. The lowest BCUT2D eigenvalue weighted by Crippen LogP contribution is -2.12. The van der Waals surface area contributed by atoms with Crippen LogP contribution in [0.1, 0.15) is 12.5 Å². The Hall–Kier alpha value is -0.410. The molecule has 0 atom stereocenters. The molecule has 66 valence electrons. The molecule has 3 heteroatoms. The van der Waals surface area contributed by atoms with Crippen LogP contribution in [-0.2, 0) is 6.54 Å². The molecule has 1 aromatic carbocycles. The Bertz CT molecular complexity index is 263. The lowest BCUT2D eigenvalue weighted by Gasteiger charge is -2.04. The fraction of sp³-hybridized carbons (Fsp3) is 0.333. The van der Waals surface area contributed by atoms with Gasteiger partial charge in [0.2, 0.25) is 0 Å². The highest BCUT2D eigenvalue weighted by Crippen LogP contribution is 2.17. The van der Waals surface area contributed by atoms with Gasteiger partial charge in [0.25, 0.3) is 0 Å². The van der Waals surface area contributed by atoms with E-state index in [1.807, 2.05) is 6.92 Å². The van der Waals surface area contributed by atoms with Crippen molar-refractivity contribution in [2.45, 2.75) is 13.5 Å². The Balaban J connectivity index is 2.75. The fourth-order valence-corrected chi connectivity index (χ4v) is 1.33. The molecule has 1 N–H and O–H groups in total. The second kappa shape index (κ2) is 4.58. The van der Waals surface area contributed by atoms with E-state index >= 15 is 0 Å². The summed E-state index contributed by atoms with van der Waals surface area (Å²) in [5, 5.41) is 3.14. The number of benzene rings is 1. The topological polar surface area (TPSA) is 12.0 Å². The number of halogens is 2. The van der Waals surface area contributed by atoms with Crippen LogP contribution in [0, 0.1) is 5.82 Å². The van der Waals surface area contributed by atoms with Crippen LogP contribution in [0.3, 0.4) is 0 Å². The van der Waals surface area contributed by atoms with Gasteiger partial charge in [-0.15, -0.1) is 0 Å². The average Bonchev–Trinajstić information content (AvgIpc) is 2.07. The first kappa shape index (κ1) is 9.68. The van der Waals surface area contributed by atoms with Gasteiger partial charge in [0.15, 0.2) is 0 Å². The van der Waals surface area contributed by atoms with Crippen LogP contribution in [0.25, 0.3) is 0 Å². The van der Waals surface area contributed by atoms with Gasteiger partial charge in [-0.2, -0.15) is 0 Å². The van der Waals surface area contributed by atoms with Gasteiger partial charge in [-0.25, -0.2) is 4.39 Å². The van der Waals surface area contributed by atoms with Crippen molar-refractivity contribution in [2.75, 3.05) is 6.54 Å². The lowest BCUT2D eigenvalue weighted by atomic mass is 10.2. The molecule has 0 amide bonds. The minimum atomic E-state index is -0.189. The van der Waals surface area contributed by atoms with Gasteiger partial charge in [0.1, 0.15) is 5.82 Å². The summed E-state index contributed by atoms with van der Waals surface area (Å²) >= 11 is 3.35. The van der Waals surface area contributed by atoms with Crippen molar-refractivity contribution < 1.29 is 4.39 Å². The fourth-order valence-electron chi connectivity index (χ4n) is 0.938. The first-order valence-electron chi connectivity index (χ1n) is 3.88. The summed E-state index contributed by atoms with van der Waals surface area (Å²) in [5.74, 6) is -0.189. The lowest BCUT2D eigenvalue weighted by molar-refractivity contribution is 0.621. The normalized spacial score (nSPS) is 10.2. The van der Waals surface area contributed by atoms with Crippen LogP contribution in [0.15, 0.2) is 22.7 Å². The van der Waals surface area contributed by atoms with Gasteiger partial charge in [0.05, 0.1) is 0 Å². The van der Waals surface area contributed by atoms with E-state index in [2.05, 4.69) is 21.2 Å². The minimum Gasteiger partial charge on any atom is -0.313 e. The summed E-state index contributed by atoms with van der Waals surface area (Å²) in [4.78, 5) is 0. The molecule has 1 nitrogen and oxygen atoms in total. The molecule has 0 radical (unpaired) electrons. The second-order valence-corrected chi connectivity index (χ2v) is 3.37. The highest BCUT2D eigenvalue weighted by Gasteiger charge is 1.99. The summed E-state index contributed by atoms with van der Waals surface area (Å²) in [6.07, 6.45) is 0. The molecule has 0 fully saturated rings. The Morgan fingerprint density at radius 1 is 1.50 bits per heavy atom. The maximum absolute atomic E-state index is 12.7. The monoisotopic (exact) mass is 231 g/mol. The summed E-state index contributed by atoms with van der Waals surface area (Å²) in [7, 11) is 0. The van der Waals surface area contributed by atoms with Gasteiger partial charge in [-0.05, 0) is 30.3 Å². The zero-order valence-electron chi connectivity index (χ0n) is 6.90. The molecular weight excluding hydrogens is 221 g/mol. The van der Waals surface area contributed by atoms with Crippen LogP contribution < -0.4 is 5.32 Å². The number of rotatable bonds is 3. The molecule has 12 heavy (non-hydrogen) atoms. The molecular formula is C9H11BrFN. The van der Waals surface area contributed by atoms with Crippen LogP contribution >= 0.6 is 15.9 Å². The Labute approximate surface area is 80.1 Å². The van der Waals surface area contributed by atoms with Gasteiger partial charge >= 0.3 is 0 Å². The third-order valence-electron chi connectivity index (χ3n) is 1.57. The third-order valence-corrected chi connectivity index (χ3v) is 2.35. The van der Waals surface area contributed by atoms with Crippen LogP contribution in [0.4, 0.5) is 4.39 Å². The highest BCUT2D eigenvalue weighted by molar-refractivity contribution is 9.10. The van der Waals surface area contributed by atoms with Gasteiger partial charge < -0.3 is 5.32 Å². The molecule has 0 aliphatic heterocycles. The number of hydrogen-bond donors (Lipinski definition) is 1. The predicted octanol–water partition coefficient (Wildman–Crippen LogP) is 2.70. The van der Waals surface area contributed by atoms with E-state index in [1.165, 1.54) is 12.1 Å². The standard InChI is InChI=1S/C9H11BrFN/c1-2-12-6-7-5-8(11)3-4-9(7)10/h3-5,12H,2,6H2,1H3. The van der Waals surface area contributed by atoms with E-state index in [0.29, 0.717) is 6.54 Å². The smallest absolute Gasteiger partial charge is 0.123 e. The summed E-state index contributed by atoms with van der Waals surface area (Å²) < 4.78 is 13.7. The number of hydrogen-bond acceptors (Lipinski definition) is 1. The zero-order chi connectivity index (χ0) is 8.97. The molecule has 0 aliphatic carbocycles. The summed E-state index contributed by atoms with van der Waals surface area (Å²) in [5.41, 5.74) is 0.955. The van der Waals surface area contributed by atoms with Crippen molar-refractivity contribution in [1.29, 1.82) is 0 Å². The van der Waals surface area contributed by atoms with Crippen LogP contribution in [0.2, 0.25) is 0 Å². The van der Waals surface area contributed by atoms with Gasteiger partial charge in [-0.1, -0.05) is 22.9 Å². The second-order valence-electron chi connectivity index (χ2n) is 2.52. The number of nitrogens with one attached hydrogen (secondary N) is 1. The zero-order valence-corrected chi connectivity index (χ0v) is 8.49. The van der Waals surface area contributed by atoms with E-state index < -0.39 is 0 Å². The molecule has 1 rings (SSSR count). The Kier molecular flexibility index (Phi) is 3.69. The van der Waals surface area contributed by atoms with Crippen molar-refractivity contribution >= 4 is 15.9 Å². The van der Waals surface area contributed by atoms with E-state index in [9.17, 15) is 4.39 Å². The maximum atomic E-state index is 12.7. The van der Waals surface area contributed by atoms with Crippen molar-refractivity contribution in [3.63, 3.8) is 0 Å². The predicted molar refractivity (Wildman–Crippen MR) is 51.5 cm³/mol. The van der Waals surface area contributed by atoms with E-state index in [1.54, 1.807) is 6.07 Å². The SMILES string of the molecule is CCNCc1cc(F)ccc1Br. The molecule has 0 bridgehead atoms. The van der Waals surface area contributed by atoms with Crippen LogP contribution in [0.5, 0.6) is 0 Å². The van der Waals surface area contributed by atoms with E-state index in [-0.39, 0.29) is 5.82 Å². The van der Waals surface area contributed by atoms with Crippen molar-refractivity contribution in [3.8, 4) is 0 Å². The third kappa shape index (κ3) is 2.57. The first-order valence-corrected chi connectivity index (χ1v) is 4.68. The molecule has 0 saturated heterocycles. The van der Waals surface area contributed by atoms with Gasteiger partial charge in [0, 0.05) is 11.0 Å². The first-order chi connectivity index (χ1) is 5.74. The van der Waals surface area contributed by atoms with Crippen molar-refractivity contribution in [1.82, 2.24) is 5.32 Å². The van der Waals surface area contributed by atoms with E-state index in [0.717, 1.165) is 16.6 Å². The molecule has 0 saturated carbocycles. The maximum Gasteiger partial charge on any atom is 0.123 e. The molecule has 0 aromatic heterocycles. The molecule has 0 unspecified atom stereocenters. The average molecular weight is 232 g/mol. The van der Waals surface area contributed by atoms with Crippen molar-refractivity contribution in [2.24, 2.45) is 0 Å². The summed E-state index contributed by atoms with van der Waals surface area (Å²) in [6, 6.07) is 4.70. The molecule has 0 spiro atoms. The van der Waals surface area contributed by atoms with Crippen LogP contribution in [-0.4, -0.2) is 6.54 Å². The largest absolute Gasteiger partial charge is 0.313 e. The Morgan fingerprint density at radius 2 is 2.25 bits per heavy atom. The summed E-state index contributed by atoms with van der Waals surface area (Å²) in [6.45, 7) is 3.62.